The SMILES string of the molecule is Clc1ccc(Cl)c2c1-c1nc-2nc2[nH]c(nc3nc(nc4[nH]c(n1)c1c(Cl)ccc(Cl)c41)-c1c(Cl)ccc(Cl)c1-3)c1c(Cl)ccc(Cl)c21. The molecule has 2 aliphatic rings. The van der Waals surface area contributed by atoms with Gasteiger partial charge < -0.3 is 9.97 Å². The molecule has 8 bridgehead atoms. The molecule has 0 atom stereocenters. The molecule has 7 aromatic rings. The monoisotopic (exact) mass is 786 g/mol. The molecule has 0 spiro atoms. The maximum absolute atomic E-state index is 6.77. The number of benzene rings is 4. The fourth-order valence-corrected chi connectivity index (χ4v) is 7.94. The highest BCUT2D eigenvalue weighted by atomic mass is 35.5. The third-order valence-corrected chi connectivity index (χ3v) is 10.5. The number of nitrogens with one attached hydrogen (secondary N) is 2. The van der Waals surface area contributed by atoms with Gasteiger partial charge in [0, 0.05) is 21.5 Å². The van der Waals surface area contributed by atoms with Crippen LogP contribution in [0, 0.1) is 0 Å². The van der Waals surface area contributed by atoms with Gasteiger partial charge in [0.2, 0.25) is 0 Å². The van der Waals surface area contributed by atoms with E-state index in [0.29, 0.717) is 107 Å². The first-order chi connectivity index (χ1) is 23.1. The summed E-state index contributed by atoms with van der Waals surface area (Å²) < 4.78 is 0. The molecule has 234 valence electrons. The summed E-state index contributed by atoms with van der Waals surface area (Å²) in [7, 11) is 0. The Labute approximate surface area is 309 Å². The number of aromatic nitrogens is 8. The zero-order chi connectivity index (χ0) is 33.2. The van der Waals surface area contributed by atoms with Gasteiger partial charge in [-0.3, -0.25) is 0 Å². The number of aromatic amines is 2. The van der Waals surface area contributed by atoms with E-state index in [9.17, 15) is 0 Å². The number of nitrogens with zero attached hydrogens (tertiary/aromatic N) is 6. The van der Waals surface area contributed by atoms with Gasteiger partial charge in [-0.2, -0.15) is 0 Å². The van der Waals surface area contributed by atoms with Crippen molar-refractivity contribution in [2.75, 3.05) is 0 Å². The molecule has 0 radical (unpaired) electrons. The lowest BCUT2D eigenvalue weighted by Gasteiger charge is -2.03. The average Bonchev–Trinajstić information content (AvgIpc) is 3.80. The average molecular weight is 790 g/mol. The summed E-state index contributed by atoms with van der Waals surface area (Å²) in [5, 5.41) is 4.82. The standard InChI is InChI=1S/C32H10Cl8N8/c33-9-1-2-10(34)18-17(9)25-41-26(18)46-28-21-13(37)5-6-14(38)22(21)30(43-28)48-32-24-16(40)8-7-15(39)23(24)31(44-32)47-29-20-12(36)4-3-11(35)19(20)27(42-29)45-25/h1-8H,(H2,41,42,43,44,45,46,47,48). The summed E-state index contributed by atoms with van der Waals surface area (Å²) in [4.78, 5) is 35.7. The zero-order valence-corrected chi connectivity index (χ0v) is 29.4. The Bertz CT molecular complexity index is 2420. The van der Waals surface area contributed by atoms with E-state index in [4.69, 9.17) is 123 Å². The van der Waals surface area contributed by atoms with E-state index in [1.165, 1.54) is 0 Å². The van der Waals surface area contributed by atoms with Crippen LogP contribution in [0.4, 0.5) is 0 Å². The highest BCUT2D eigenvalue weighted by molar-refractivity contribution is 6.44. The van der Waals surface area contributed by atoms with Crippen LogP contribution >= 0.6 is 92.8 Å². The predicted octanol–water partition coefficient (Wildman–Crippen LogP) is 12.1. The van der Waals surface area contributed by atoms with Gasteiger partial charge in [-0.25, -0.2) is 29.9 Å². The van der Waals surface area contributed by atoms with Crippen molar-refractivity contribution in [2.45, 2.75) is 0 Å². The van der Waals surface area contributed by atoms with E-state index in [0.717, 1.165) is 0 Å². The molecule has 4 aromatic carbocycles. The van der Waals surface area contributed by atoms with E-state index in [2.05, 4.69) is 9.97 Å². The first kappa shape index (κ1) is 30.6. The van der Waals surface area contributed by atoms with Crippen molar-refractivity contribution in [1.82, 2.24) is 39.9 Å². The number of halogens is 8. The molecule has 2 aliphatic heterocycles. The molecule has 48 heavy (non-hydrogen) atoms. The third-order valence-electron chi connectivity index (χ3n) is 8.02. The van der Waals surface area contributed by atoms with Crippen molar-refractivity contribution in [3.63, 3.8) is 0 Å². The van der Waals surface area contributed by atoms with Crippen LogP contribution in [0.1, 0.15) is 0 Å². The van der Waals surface area contributed by atoms with Crippen molar-refractivity contribution in [3.8, 4) is 45.6 Å². The Hall–Kier alpha value is -3.44. The number of fused-ring (bicyclic) bond motifs is 20. The molecule has 0 saturated carbocycles. The van der Waals surface area contributed by atoms with E-state index in [-0.39, 0.29) is 23.3 Å². The van der Waals surface area contributed by atoms with Crippen molar-refractivity contribution in [1.29, 1.82) is 0 Å². The second-order valence-corrected chi connectivity index (χ2v) is 14.0. The molecule has 0 saturated heterocycles. The highest BCUT2D eigenvalue weighted by Gasteiger charge is 2.28. The van der Waals surface area contributed by atoms with E-state index < -0.39 is 0 Å². The first-order valence-corrected chi connectivity index (χ1v) is 16.9. The minimum absolute atomic E-state index is 0.216. The molecule has 0 fully saturated rings. The maximum Gasteiger partial charge on any atom is 0.166 e. The number of H-pyrrole nitrogens is 2. The largest absolute Gasteiger partial charge is 0.324 e. The van der Waals surface area contributed by atoms with Crippen LogP contribution < -0.4 is 0 Å². The lowest BCUT2D eigenvalue weighted by atomic mass is 10.1. The molecule has 0 unspecified atom stereocenters. The van der Waals surface area contributed by atoms with Gasteiger partial charge in [0.05, 0.1) is 62.4 Å². The minimum Gasteiger partial charge on any atom is -0.324 e. The van der Waals surface area contributed by atoms with Gasteiger partial charge >= 0.3 is 0 Å². The fourth-order valence-electron chi connectivity index (χ4n) is 5.99. The quantitative estimate of drug-likeness (QED) is 0.158. The highest BCUT2D eigenvalue weighted by Crippen LogP contribution is 2.46. The first-order valence-electron chi connectivity index (χ1n) is 13.8. The maximum atomic E-state index is 6.77. The Morgan fingerprint density at radius 2 is 0.500 bits per heavy atom. The van der Waals surface area contributed by atoms with Crippen LogP contribution in [0.25, 0.3) is 89.7 Å². The fraction of sp³-hybridized carbons (Fsp3) is 0. The molecule has 8 nitrogen and oxygen atoms in total. The molecule has 9 rings (SSSR count). The van der Waals surface area contributed by atoms with Crippen LogP contribution in [0.5, 0.6) is 0 Å². The second kappa shape index (κ2) is 11.0. The van der Waals surface area contributed by atoms with Crippen LogP contribution in [0.2, 0.25) is 40.2 Å². The van der Waals surface area contributed by atoms with Gasteiger partial charge in [-0.1, -0.05) is 92.8 Å². The topological polar surface area (TPSA) is 109 Å². The summed E-state index contributed by atoms with van der Waals surface area (Å²) in [6, 6.07) is 13.3. The van der Waals surface area contributed by atoms with Crippen molar-refractivity contribution in [2.24, 2.45) is 0 Å². The van der Waals surface area contributed by atoms with E-state index in [1.807, 2.05) is 0 Å². The Morgan fingerprint density at radius 1 is 0.292 bits per heavy atom. The van der Waals surface area contributed by atoms with Gasteiger partial charge in [0.1, 0.15) is 22.6 Å². The van der Waals surface area contributed by atoms with Crippen LogP contribution in [-0.2, 0) is 0 Å². The predicted molar refractivity (Wildman–Crippen MR) is 196 cm³/mol. The molecule has 16 heteroatoms. The van der Waals surface area contributed by atoms with Crippen LogP contribution in [-0.4, -0.2) is 39.9 Å². The van der Waals surface area contributed by atoms with Crippen molar-refractivity contribution >= 4 is 137 Å². The molecule has 0 aliphatic carbocycles. The van der Waals surface area contributed by atoms with E-state index in [1.54, 1.807) is 48.5 Å². The Balaban J connectivity index is 1.57. The van der Waals surface area contributed by atoms with Gasteiger partial charge in [-0.05, 0) is 48.5 Å². The smallest absolute Gasteiger partial charge is 0.166 e. The summed E-state index contributed by atoms with van der Waals surface area (Å²) >= 11 is 54.1. The second-order valence-electron chi connectivity index (χ2n) is 10.7. The van der Waals surface area contributed by atoms with Crippen molar-refractivity contribution < 1.29 is 0 Å². The van der Waals surface area contributed by atoms with Crippen LogP contribution in [0.15, 0.2) is 48.5 Å². The van der Waals surface area contributed by atoms with Gasteiger partial charge in [0.25, 0.3) is 0 Å². The summed E-state index contributed by atoms with van der Waals surface area (Å²) in [6.45, 7) is 0. The molecular formula is C32H10Cl8N8. The molecule has 3 aromatic heterocycles. The lowest BCUT2D eigenvalue weighted by Crippen LogP contribution is -1.85. The molecule has 5 heterocycles. The zero-order valence-electron chi connectivity index (χ0n) is 23.3. The molecule has 2 N–H and O–H groups in total. The van der Waals surface area contributed by atoms with Gasteiger partial charge in [-0.15, -0.1) is 0 Å². The minimum atomic E-state index is 0.216. The Kier molecular flexibility index (Phi) is 7.04. The normalized spacial score (nSPS) is 12.2. The third kappa shape index (κ3) is 4.45. The number of hydrogen-bond acceptors (Lipinski definition) is 6. The van der Waals surface area contributed by atoms with Gasteiger partial charge in [0.15, 0.2) is 23.3 Å². The summed E-state index contributed by atoms with van der Waals surface area (Å²) in [5.41, 5.74) is 3.07. The van der Waals surface area contributed by atoms with Crippen molar-refractivity contribution in [3.05, 3.63) is 88.7 Å². The molecular weight excluding hydrogens is 780 g/mol. The summed E-state index contributed by atoms with van der Waals surface area (Å²) in [6.07, 6.45) is 0. The molecule has 0 amide bonds. The number of rotatable bonds is 0. The van der Waals surface area contributed by atoms with Crippen LogP contribution in [0.3, 0.4) is 0 Å². The number of hydrogen-bond donors (Lipinski definition) is 2. The van der Waals surface area contributed by atoms with E-state index >= 15 is 0 Å². The Morgan fingerprint density at radius 3 is 0.729 bits per heavy atom. The lowest BCUT2D eigenvalue weighted by molar-refractivity contribution is 1.19. The summed E-state index contributed by atoms with van der Waals surface area (Å²) in [5.74, 6) is 0.863.